The molecule has 0 saturated heterocycles. The molecule has 1 N–H and O–H groups in total. The molecule has 0 spiro atoms. The number of nitrogens with zero attached hydrogens (tertiary/aromatic N) is 1. The van der Waals surface area contributed by atoms with Crippen molar-refractivity contribution in [1.29, 1.82) is 0 Å². The number of hydrogen-bond donors (Lipinski definition) is 1. The SMILES string of the molecule is CS(=O)(=O)N(CCC(=O)NCCC1=CCCCC1)c1cccc(F)c1. The molecule has 138 valence electrons. The average molecular weight is 368 g/mol. The minimum absolute atomic E-state index is 0.0170. The molecule has 1 aromatic carbocycles. The number of amides is 1. The van der Waals surface area contributed by atoms with Gasteiger partial charge in [-0.15, -0.1) is 0 Å². The van der Waals surface area contributed by atoms with Crippen LogP contribution < -0.4 is 9.62 Å². The van der Waals surface area contributed by atoms with Crippen molar-refractivity contribution in [2.24, 2.45) is 0 Å². The van der Waals surface area contributed by atoms with Crippen LogP contribution in [0.5, 0.6) is 0 Å². The van der Waals surface area contributed by atoms with Crippen molar-refractivity contribution in [3.8, 4) is 0 Å². The van der Waals surface area contributed by atoms with Gasteiger partial charge in [0.05, 0.1) is 11.9 Å². The molecule has 0 radical (unpaired) electrons. The van der Waals surface area contributed by atoms with Gasteiger partial charge in [0, 0.05) is 19.5 Å². The van der Waals surface area contributed by atoms with Gasteiger partial charge in [-0.05, 0) is 50.3 Å². The molecule has 7 heteroatoms. The van der Waals surface area contributed by atoms with Crippen molar-refractivity contribution >= 4 is 21.6 Å². The molecule has 1 amide bonds. The summed E-state index contributed by atoms with van der Waals surface area (Å²) in [6, 6.07) is 5.35. The largest absolute Gasteiger partial charge is 0.356 e. The molecule has 0 fully saturated rings. The Kier molecular flexibility index (Phi) is 6.99. The first-order valence-electron chi connectivity index (χ1n) is 8.54. The lowest BCUT2D eigenvalue weighted by molar-refractivity contribution is -0.120. The summed E-state index contributed by atoms with van der Waals surface area (Å²) in [7, 11) is -3.59. The molecule has 0 aliphatic heterocycles. The van der Waals surface area contributed by atoms with E-state index in [4.69, 9.17) is 0 Å². The maximum atomic E-state index is 13.4. The van der Waals surface area contributed by atoms with E-state index in [-0.39, 0.29) is 24.6 Å². The molecular weight excluding hydrogens is 343 g/mol. The highest BCUT2D eigenvalue weighted by Gasteiger charge is 2.19. The van der Waals surface area contributed by atoms with E-state index in [1.807, 2.05) is 0 Å². The van der Waals surface area contributed by atoms with Gasteiger partial charge in [0.1, 0.15) is 5.82 Å². The molecule has 1 aromatic rings. The fourth-order valence-electron chi connectivity index (χ4n) is 2.90. The first-order valence-corrected chi connectivity index (χ1v) is 10.4. The molecule has 0 atom stereocenters. The summed E-state index contributed by atoms with van der Waals surface area (Å²) in [5, 5.41) is 2.82. The molecule has 2 rings (SSSR count). The molecule has 0 aromatic heterocycles. The number of allylic oxidation sites excluding steroid dienone is 1. The Morgan fingerprint density at radius 2 is 2.12 bits per heavy atom. The molecule has 0 bridgehead atoms. The van der Waals surface area contributed by atoms with E-state index in [0.717, 1.165) is 35.9 Å². The van der Waals surface area contributed by atoms with Crippen LogP contribution in [-0.2, 0) is 14.8 Å². The Labute approximate surface area is 149 Å². The van der Waals surface area contributed by atoms with E-state index in [9.17, 15) is 17.6 Å². The van der Waals surface area contributed by atoms with Gasteiger partial charge in [-0.1, -0.05) is 17.7 Å². The van der Waals surface area contributed by atoms with Crippen LogP contribution in [0.4, 0.5) is 10.1 Å². The van der Waals surface area contributed by atoms with Crippen LogP contribution in [0, 0.1) is 5.82 Å². The average Bonchev–Trinajstić information content (AvgIpc) is 2.55. The minimum Gasteiger partial charge on any atom is -0.356 e. The number of carbonyl (C=O) groups excluding carboxylic acids is 1. The second kappa shape index (κ2) is 8.99. The first-order chi connectivity index (χ1) is 11.9. The molecule has 0 saturated carbocycles. The Hall–Kier alpha value is -1.89. The fraction of sp³-hybridized carbons (Fsp3) is 0.500. The predicted molar refractivity (Wildman–Crippen MR) is 97.4 cm³/mol. The van der Waals surface area contributed by atoms with Gasteiger partial charge in [0.15, 0.2) is 0 Å². The summed E-state index contributed by atoms with van der Waals surface area (Å²) >= 11 is 0. The Morgan fingerprint density at radius 1 is 1.32 bits per heavy atom. The van der Waals surface area contributed by atoms with Crippen molar-refractivity contribution in [2.75, 3.05) is 23.7 Å². The predicted octanol–water partition coefficient (Wildman–Crippen LogP) is 2.99. The lowest BCUT2D eigenvalue weighted by atomic mass is 9.97. The number of rotatable bonds is 8. The molecule has 0 heterocycles. The van der Waals surface area contributed by atoms with E-state index in [1.54, 1.807) is 0 Å². The summed E-state index contributed by atoms with van der Waals surface area (Å²) in [5.41, 5.74) is 1.60. The number of benzene rings is 1. The van der Waals surface area contributed by atoms with Crippen LogP contribution in [0.15, 0.2) is 35.9 Å². The van der Waals surface area contributed by atoms with Crippen LogP contribution in [0.1, 0.15) is 38.5 Å². The van der Waals surface area contributed by atoms with Gasteiger partial charge in [-0.25, -0.2) is 12.8 Å². The summed E-state index contributed by atoms with van der Waals surface area (Å²) in [5.74, 6) is -0.724. The second-order valence-electron chi connectivity index (χ2n) is 6.27. The maximum Gasteiger partial charge on any atom is 0.232 e. The number of halogens is 1. The van der Waals surface area contributed by atoms with Crippen molar-refractivity contribution < 1.29 is 17.6 Å². The third-order valence-electron chi connectivity index (χ3n) is 4.19. The lowest BCUT2D eigenvalue weighted by Gasteiger charge is -2.22. The number of hydrogen-bond acceptors (Lipinski definition) is 3. The van der Waals surface area contributed by atoms with E-state index in [2.05, 4.69) is 11.4 Å². The van der Waals surface area contributed by atoms with Crippen molar-refractivity contribution in [3.63, 3.8) is 0 Å². The highest BCUT2D eigenvalue weighted by molar-refractivity contribution is 7.92. The first kappa shape index (κ1) is 19.4. The van der Waals surface area contributed by atoms with Gasteiger partial charge < -0.3 is 5.32 Å². The second-order valence-corrected chi connectivity index (χ2v) is 8.18. The molecule has 1 aliphatic rings. The van der Waals surface area contributed by atoms with Gasteiger partial charge in [-0.2, -0.15) is 0 Å². The Bertz CT molecular complexity index is 732. The van der Waals surface area contributed by atoms with E-state index >= 15 is 0 Å². The van der Waals surface area contributed by atoms with E-state index < -0.39 is 15.8 Å². The van der Waals surface area contributed by atoms with Crippen molar-refractivity contribution in [3.05, 3.63) is 41.7 Å². The van der Waals surface area contributed by atoms with E-state index in [0.29, 0.717) is 6.54 Å². The van der Waals surface area contributed by atoms with Crippen LogP contribution in [0.2, 0.25) is 0 Å². The zero-order valence-electron chi connectivity index (χ0n) is 14.5. The van der Waals surface area contributed by atoms with Crippen molar-refractivity contribution in [1.82, 2.24) is 5.32 Å². The Balaban J connectivity index is 1.85. The topological polar surface area (TPSA) is 66.5 Å². The fourth-order valence-corrected chi connectivity index (χ4v) is 3.82. The third-order valence-corrected chi connectivity index (χ3v) is 5.39. The lowest BCUT2D eigenvalue weighted by Crippen LogP contribution is -2.35. The molecule has 25 heavy (non-hydrogen) atoms. The van der Waals surface area contributed by atoms with Gasteiger partial charge >= 0.3 is 0 Å². The molecule has 0 unspecified atom stereocenters. The van der Waals surface area contributed by atoms with Gasteiger partial charge in [-0.3, -0.25) is 9.10 Å². The van der Waals surface area contributed by atoms with Crippen LogP contribution in [-0.4, -0.2) is 33.7 Å². The van der Waals surface area contributed by atoms with Gasteiger partial charge in [0.2, 0.25) is 15.9 Å². The number of sulfonamides is 1. The summed E-state index contributed by atoms with van der Waals surface area (Å²) in [4.78, 5) is 12.0. The zero-order valence-corrected chi connectivity index (χ0v) is 15.3. The van der Waals surface area contributed by atoms with Crippen LogP contribution in [0.3, 0.4) is 0 Å². The summed E-state index contributed by atoms with van der Waals surface area (Å²) < 4.78 is 38.3. The van der Waals surface area contributed by atoms with Crippen LogP contribution >= 0.6 is 0 Å². The van der Waals surface area contributed by atoms with Crippen LogP contribution in [0.25, 0.3) is 0 Å². The zero-order chi connectivity index (χ0) is 18.3. The summed E-state index contributed by atoms with van der Waals surface area (Å²) in [6.45, 7) is 0.542. The molecule has 5 nitrogen and oxygen atoms in total. The van der Waals surface area contributed by atoms with Gasteiger partial charge in [0.25, 0.3) is 0 Å². The highest BCUT2D eigenvalue weighted by Crippen LogP contribution is 2.20. The number of anilines is 1. The third kappa shape index (κ3) is 6.49. The molecule has 1 aliphatic carbocycles. The molecular formula is C18H25FN2O3S. The quantitative estimate of drug-likeness (QED) is 0.718. The van der Waals surface area contributed by atoms with Crippen molar-refractivity contribution in [2.45, 2.75) is 38.5 Å². The number of nitrogens with one attached hydrogen (secondary N) is 1. The smallest absolute Gasteiger partial charge is 0.232 e. The van der Waals surface area contributed by atoms with E-state index in [1.165, 1.54) is 36.6 Å². The highest BCUT2D eigenvalue weighted by atomic mass is 32.2. The normalized spacial score (nSPS) is 14.7. The monoisotopic (exact) mass is 368 g/mol. The maximum absolute atomic E-state index is 13.4. The number of carbonyl (C=O) groups is 1. The minimum atomic E-state index is -3.59. The summed E-state index contributed by atoms with van der Waals surface area (Å²) in [6.07, 6.45) is 8.80. The Morgan fingerprint density at radius 3 is 2.76 bits per heavy atom. The standard InChI is InChI=1S/C18H25FN2O3S/c1-25(23,24)21(17-9-5-8-16(19)14-17)13-11-18(22)20-12-10-15-6-3-2-4-7-15/h5-6,8-9,14H,2-4,7,10-13H2,1H3,(H,20,22).